The molecule has 0 aliphatic heterocycles. The van der Waals surface area contributed by atoms with Crippen molar-refractivity contribution < 1.29 is 18.0 Å². The second-order valence-corrected chi connectivity index (χ2v) is 11.5. The molecule has 0 aliphatic carbocycles. The summed E-state index contributed by atoms with van der Waals surface area (Å²) in [6.07, 6.45) is 2.84. The molecule has 0 spiro atoms. The molecule has 3 aromatic rings. The molecular formula is C31H39N3O4S. The highest BCUT2D eigenvalue weighted by atomic mass is 32.2. The predicted molar refractivity (Wildman–Crippen MR) is 157 cm³/mol. The van der Waals surface area contributed by atoms with E-state index in [0.29, 0.717) is 25.1 Å². The van der Waals surface area contributed by atoms with Gasteiger partial charge in [-0.2, -0.15) is 0 Å². The molecular weight excluding hydrogens is 510 g/mol. The average molecular weight is 550 g/mol. The van der Waals surface area contributed by atoms with Gasteiger partial charge < -0.3 is 10.2 Å². The van der Waals surface area contributed by atoms with Crippen molar-refractivity contribution in [3.05, 3.63) is 102 Å². The van der Waals surface area contributed by atoms with Crippen LogP contribution in [0.5, 0.6) is 0 Å². The van der Waals surface area contributed by atoms with Gasteiger partial charge in [0.2, 0.25) is 21.8 Å². The number of anilines is 1. The van der Waals surface area contributed by atoms with E-state index < -0.39 is 16.1 Å². The van der Waals surface area contributed by atoms with Gasteiger partial charge >= 0.3 is 0 Å². The van der Waals surface area contributed by atoms with Crippen molar-refractivity contribution in [2.45, 2.75) is 52.1 Å². The van der Waals surface area contributed by atoms with Crippen LogP contribution in [-0.4, -0.2) is 50.5 Å². The fraction of sp³-hybridized carbons (Fsp3) is 0.355. The fourth-order valence-electron chi connectivity index (χ4n) is 4.53. The molecule has 0 bridgehead atoms. The summed E-state index contributed by atoms with van der Waals surface area (Å²) >= 11 is 0. The average Bonchev–Trinajstić information content (AvgIpc) is 2.93. The molecule has 0 saturated heterocycles. The van der Waals surface area contributed by atoms with E-state index in [1.807, 2.05) is 86.6 Å². The first kappa shape index (κ1) is 29.9. The predicted octanol–water partition coefficient (Wildman–Crippen LogP) is 4.57. The largest absolute Gasteiger partial charge is 0.355 e. The smallest absolute Gasteiger partial charge is 0.243 e. The molecule has 0 heterocycles. The zero-order chi connectivity index (χ0) is 28.3. The van der Waals surface area contributed by atoms with Gasteiger partial charge in [-0.3, -0.25) is 13.9 Å². The lowest BCUT2D eigenvalue weighted by Gasteiger charge is -2.32. The first-order valence-electron chi connectivity index (χ1n) is 13.4. The Hall–Kier alpha value is -3.65. The summed E-state index contributed by atoms with van der Waals surface area (Å²) in [4.78, 5) is 28.6. The van der Waals surface area contributed by atoms with E-state index >= 15 is 0 Å². The molecule has 7 nitrogen and oxygen atoms in total. The molecule has 1 N–H and O–H groups in total. The first-order valence-corrected chi connectivity index (χ1v) is 15.3. The summed E-state index contributed by atoms with van der Waals surface area (Å²) < 4.78 is 26.5. The third kappa shape index (κ3) is 8.96. The second-order valence-electron chi connectivity index (χ2n) is 9.57. The summed E-state index contributed by atoms with van der Waals surface area (Å²) in [5, 5.41) is 2.89. The first-order chi connectivity index (χ1) is 18.7. The summed E-state index contributed by atoms with van der Waals surface area (Å²) in [6.45, 7) is 4.80. The van der Waals surface area contributed by atoms with Gasteiger partial charge in [-0.05, 0) is 48.6 Å². The third-order valence-electron chi connectivity index (χ3n) is 6.60. The van der Waals surface area contributed by atoms with E-state index in [1.54, 1.807) is 17.0 Å². The van der Waals surface area contributed by atoms with Crippen molar-refractivity contribution in [3.63, 3.8) is 0 Å². The molecule has 1 unspecified atom stereocenters. The number of benzene rings is 3. The highest BCUT2D eigenvalue weighted by Gasteiger charge is 2.30. The van der Waals surface area contributed by atoms with Crippen molar-refractivity contribution in [2.24, 2.45) is 0 Å². The number of hydrogen-bond acceptors (Lipinski definition) is 4. The minimum atomic E-state index is -3.54. The molecule has 1 atom stereocenters. The number of nitrogens with one attached hydrogen (secondary N) is 1. The lowest BCUT2D eigenvalue weighted by molar-refractivity contribution is -0.141. The van der Waals surface area contributed by atoms with Crippen LogP contribution in [-0.2, 0) is 39.0 Å². The van der Waals surface area contributed by atoms with E-state index in [-0.39, 0.29) is 31.3 Å². The number of hydrogen-bond donors (Lipinski definition) is 1. The maximum Gasteiger partial charge on any atom is 0.243 e. The summed E-state index contributed by atoms with van der Waals surface area (Å²) in [5.41, 5.74) is 3.57. The van der Waals surface area contributed by atoms with Gasteiger partial charge in [0.25, 0.3) is 0 Å². The van der Waals surface area contributed by atoms with Crippen LogP contribution in [0, 0.1) is 0 Å². The summed E-state index contributed by atoms with van der Waals surface area (Å²) in [6, 6.07) is 26.0. The highest BCUT2D eigenvalue weighted by Crippen LogP contribution is 2.21. The van der Waals surface area contributed by atoms with Crippen molar-refractivity contribution in [2.75, 3.05) is 23.7 Å². The normalized spacial score (nSPS) is 12.0. The summed E-state index contributed by atoms with van der Waals surface area (Å²) in [7, 11) is -3.54. The zero-order valence-corrected chi connectivity index (χ0v) is 23.9. The molecule has 39 heavy (non-hydrogen) atoms. The van der Waals surface area contributed by atoms with E-state index in [9.17, 15) is 18.0 Å². The minimum absolute atomic E-state index is 0.108. The molecule has 8 heteroatoms. The van der Waals surface area contributed by atoms with Crippen LogP contribution in [0.15, 0.2) is 84.9 Å². The standard InChI is InChI=1S/C31H39N3O4S/c1-4-25-18-20-28(21-19-25)34(39(3,37)38)22-12-17-30(35)33(24-27-15-10-7-11-16-27)29(31(36)32-5-2)23-26-13-8-6-9-14-26/h6-11,13-16,18-21,29H,4-5,12,17,22-24H2,1-3H3,(H,32,36). The fourth-order valence-corrected chi connectivity index (χ4v) is 5.49. The molecule has 0 fully saturated rings. The number of sulfonamides is 1. The number of aryl methyl sites for hydroxylation is 1. The van der Waals surface area contributed by atoms with Gasteiger partial charge in [0.05, 0.1) is 11.9 Å². The van der Waals surface area contributed by atoms with Crippen LogP contribution < -0.4 is 9.62 Å². The number of likely N-dealkylation sites (N-methyl/N-ethyl adjacent to an activating group) is 1. The van der Waals surface area contributed by atoms with Gasteiger partial charge in [-0.1, -0.05) is 79.7 Å². The van der Waals surface area contributed by atoms with E-state index in [1.165, 1.54) is 10.6 Å². The molecule has 0 saturated carbocycles. The second kappa shape index (κ2) is 14.5. The summed E-state index contributed by atoms with van der Waals surface area (Å²) in [5.74, 6) is -0.403. The van der Waals surface area contributed by atoms with Crippen LogP contribution in [0.4, 0.5) is 5.69 Å². The van der Waals surface area contributed by atoms with Crippen molar-refractivity contribution in [1.29, 1.82) is 0 Å². The number of rotatable bonds is 14. The molecule has 0 radical (unpaired) electrons. The van der Waals surface area contributed by atoms with E-state index in [0.717, 1.165) is 23.1 Å². The Bertz CT molecular complexity index is 1300. The highest BCUT2D eigenvalue weighted by molar-refractivity contribution is 7.92. The van der Waals surface area contributed by atoms with Crippen LogP contribution in [0.3, 0.4) is 0 Å². The Balaban J connectivity index is 1.82. The number of nitrogens with zero attached hydrogens (tertiary/aromatic N) is 2. The maximum atomic E-state index is 13.7. The minimum Gasteiger partial charge on any atom is -0.355 e. The molecule has 2 amide bonds. The third-order valence-corrected chi connectivity index (χ3v) is 7.80. The van der Waals surface area contributed by atoms with Gasteiger partial charge in [0.1, 0.15) is 6.04 Å². The maximum absolute atomic E-state index is 13.7. The molecule has 3 rings (SSSR count). The van der Waals surface area contributed by atoms with E-state index in [2.05, 4.69) is 5.32 Å². The Morgan fingerprint density at radius 3 is 1.95 bits per heavy atom. The van der Waals surface area contributed by atoms with Gasteiger partial charge in [-0.25, -0.2) is 8.42 Å². The lowest BCUT2D eigenvalue weighted by atomic mass is 10.0. The molecule has 0 aliphatic rings. The number of carbonyl (C=O) groups is 2. The van der Waals surface area contributed by atoms with Crippen LogP contribution >= 0.6 is 0 Å². The van der Waals surface area contributed by atoms with Crippen LogP contribution in [0.25, 0.3) is 0 Å². The Morgan fingerprint density at radius 1 is 0.821 bits per heavy atom. The lowest BCUT2D eigenvalue weighted by Crippen LogP contribution is -2.50. The topological polar surface area (TPSA) is 86.8 Å². The number of amides is 2. The Kier molecular flexibility index (Phi) is 11.1. The van der Waals surface area contributed by atoms with Crippen molar-refractivity contribution >= 4 is 27.5 Å². The van der Waals surface area contributed by atoms with Crippen molar-refractivity contribution in [1.82, 2.24) is 10.2 Å². The molecule has 208 valence electrons. The molecule has 0 aromatic heterocycles. The van der Waals surface area contributed by atoms with E-state index in [4.69, 9.17) is 0 Å². The van der Waals surface area contributed by atoms with Crippen LogP contribution in [0.2, 0.25) is 0 Å². The van der Waals surface area contributed by atoms with Crippen molar-refractivity contribution in [3.8, 4) is 0 Å². The van der Waals surface area contributed by atoms with Crippen LogP contribution in [0.1, 0.15) is 43.4 Å². The Morgan fingerprint density at radius 2 is 1.41 bits per heavy atom. The van der Waals surface area contributed by atoms with Gasteiger partial charge in [-0.15, -0.1) is 0 Å². The Labute approximate surface area is 232 Å². The van der Waals surface area contributed by atoms with Gasteiger partial charge in [0.15, 0.2) is 0 Å². The quantitative estimate of drug-likeness (QED) is 0.319. The molecule has 3 aromatic carbocycles. The van der Waals surface area contributed by atoms with Gasteiger partial charge in [0, 0.05) is 32.5 Å². The monoisotopic (exact) mass is 549 g/mol. The zero-order valence-electron chi connectivity index (χ0n) is 23.0. The SMILES string of the molecule is CCNC(=O)C(Cc1ccccc1)N(Cc1ccccc1)C(=O)CCCN(c1ccc(CC)cc1)S(C)(=O)=O. The number of carbonyl (C=O) groups excluding carboxylic acids is 2.